The van der Waals surface area contributed by atoms with Crippen LogP contribution in [-0.2, 0) is 0 Å². The highest BCUT2D eigenvalue weighted by Crippen LogP contribution is 2.31. The van der Waals surface area contributed by atoms with E-state index in [9.17, 15) is 0 Å². The first kappa shape index (κ1) is 20.2. The fraction of sp³-hybridized carbons (Fsp3) is 0.278. The van der Waals surface area contributed by atoms with Crippen LogP contribution < -0.4 is 21.5 Å². The van der Waals surface area contributed by atoms with Crippen molar-refractivity contribution in [1.29, 1.82) is 5.41 Å². The lowest BCUT2D eigenvalue weighted by Crippen LogP contribution is -2.48. The predicted octanol–water partition coefficient (Wildman–Crippen LogP) is 3.10. The first-order chi connectivity index (χ1) is 12.3. The van der Waals surface area contributed by atoms with Crippen LogP contribution in [0.3, 0.4) is 0 Å². The minimum atomic E-state index is 0.191. The lowest BCUT2D eigenvalue weighted by molar-refractivity contribution is 0.352. The molecule has 0 unspecified atom stereocenters. The molecule has 1 aliphatic heterocycles. The summed E-state index contributed by atoms with van der Waals surface area (Å²) in [6, 6.07) is 10.9. The van der Waals surface area contributed by atoms with Crippen LogP contribution in [0.5, 0.6) is 11.5 Å². The van der Waals surface area contributed by atoms with E-state index in [-0.39, 0.29) is 5.96 Å². The molecule has 1 fully saturated rings. The van der Waals surface area contributed by atoms with Crippen molar-refractivity contribution in [3.05, 3.63) is 47.0 Å². The molecule has 1 heterocycles. The highest BCUT2D eigenvalue weighted by atomic mass is 35.5. The molecule has 3 rings (SSSR count). The Bertz CT molecular complexity index is 745. The Morgan fingerprint density at radius 3 is 2.46 bits per heavy atom. The number of benzene rings is 2. The molecule has 0 atom stereocenters. The van der Waals surface area contributed by atoms with Crippen LogP contribution in [0.4, 0.5) is 5.69 Å². The third kappa shape index (κ3) is 6.33. The van der Waals surface area contributed by atoms with Gasteiger partial charge in [0.25, 0.3) is 0 Å². The standard InChI is InChI=1S/C13H12ClNOS.C5H12N4/c1-8-4-9(14)6-11(5-8)16-12-3-2-10(15)7-13(12)17;6-5(7)9-3-1-8-2-4-9/h2-7,17H,15H2,1H3;8H,1-4H2,(H3,6,7). The number of nitrogens with two attached hydrogens (primary N) is 2. The van der Waals surface area contributed by atoms with Crippen molar-refractivity contribution in [2.45, 2.75) is 11.8 Å². The molecule has 6 nitrogen and oxygen atoms in total. The summed E-state index contributed by atoms with van der Waals surface area (Å²) >= 11 is 10.3. The number of ether oxygens (including phenoxy) is 1. The van der Waals surface area contributed by atoms with Gasteiger partial charge in [-0.3, -0.25) is 5.41 Å². The fourth-order valence-corrected chi connectivity index (χ4v) is 2.96. The number of nitrogens with one attached hydrogen (secondary N) is 2. The van der Waals surface area contributed by atoms with Crippen molar-refractivity contribution in [3.8, 4) is 11.5 Å². The predicted molar refractivity (Wildman–Crippen MR) is 111 cm³/mol. The number of rotatable bonds is 2. The summed E-state index contributed by atoms with van der Waals surface area (Å²) in [4.78, 5) is 2.55. The van der Waals surface area contributed by atoms with Gasteiger partial charge in [-0.15, -0.1) is 12.6 Å². The van der Waals surface area contributed by atoms with Crippen LogP contribution in [0, 0.1) is 12.3 Å². The van der Waals surface area contributed by atoms with E-state index in [0.29, 0.717) is 27.1 Å². The minimum Gasteiger partial charge on any atom is -0.456 e. The van der Waals surface area contributed by atoms with E-state index in [1.165, 1.54) is 0 Å². The number of thiol groups is 1. The number of hydrogen-bond donors (Lipinski definition) is 5. The summed E-state index contributed by atoms with van der Waals surface area (Å²) in [7, 11) is 0. The topological polar surface area (TPSA) is 100 Å². The van der Waals surface area contributed by atoms with Crippen LogP contribution in [0.15, 0.2) is 41.3 Å². The Kier molecular flexibility index (Phi) is 7.44. The monoisotopic (exact) mass is 393 g/mol. The zero-order valence-electron chi connectivity index (χ0n) is 14.6. The first-order valence-corrected chi connectivity index (χ1v) is 9.01. The highest BCUT2D eigenvalue weighted by Gasteiger charge is 2.08. The van der Waals surface area contributed by atoms with Crippen molar-refractivity contribution in [1.82, 2.24) is 10.2 Å². The Morgan fingerprint density at radius 1 is 1.23 bits per heavy atom. The maximum Gasteiger partial charge on any atom is 0.188 e. The van der Waals surface area contributed by atoms with Crippen molar-refractivity contribution >= 4 is 35.9 Å². The average Bonchev–Trinajstić information content (AvgIpc) is 2.58. The third-order valence-electron chi connectivity index (χ3n) is 3.68. The molecule has 0 amide bonds. The molecule has 1 saturated heterocycles. The van der Waals surface area contributed by atoms with E-state index in [2.05, 4.69) is 17.9 Å². The molecule has 0 bridgehead atoms. The molecular formula is C18H24ClN5OS. The first-order valence-electron chi connectivity index (χ1n) is 8.18. The van der Waals surface area contributed by atoms with Crippen molar-refractivity contribution in [2.24, 2.45) is 5.73 Å². The second-order valence-electron chi connectivity index (χ2n) is 5.92. The summed E-state index contributed by atoms with van der Waals surface area (Å²) in [5.41, 5.74) is 12.6. The second kappa shape index (κ2) is 9.56. The minimum absolute atomic E-state index is 0.191. The number of nitrogens with zero attached hydrogens (tertiary/aromatic N) is 1. The highest BCUT2D eigenvalue weighted by molar-refractivity contribution is 7.80. The van der Waals surface area contributed by atoms with E-state index in [4.69, 9.17) is 33.2 Å². The van der Waals surface area contributed by atoms with Crippen LogP contribution in [0.2, 0.25) is 5.02 Å². The zero-order valence-corrected chi connectivity index (χ0v) is 16.3. The van der Waals surface area contributed by atoms with Crippen molar-refractivity contribution in [2.75, 3.05) is 31.9 Å². The molecule has 0 radical (unpaired) electrons. The fourth-order valence-electron chi connectivity index (χ4n) is 2.42. The number of aryl methyl sites for hydroxylation is 1. The molecule has 26 heavy (non-hydrogen) atoms. The van der Waals surface area contributed by atoms with Crippen molar-refractivity contribution < 1.29 is 4.74 Å². The largest absolute Gasteiger partial charge is 0.456 e. The number of guanidine groups is 1. The second-order valence-corrected chi connectivity index (χ2v) is 6.83. The van der Waals surface area contributed by atoms with Gasteiger partial charge in [-0.2, -0.15) is 0 Å². The van der Waals surface area contributed by atoms with Gasteiger partial charge in [0.15, 0.2) is 5.96 Å². The summed E-state index contributed by atoms with van der Waals surface area (Å²) in [6.07, 6.45) is 0. The van der Waals surface area contributed by atoms with E-state index in [1.54, 1.807) is 24.3 Å². The van der Waals surface area contributed by atoms with E-state index >= 15 is 0 Å². The molecule has 2 aromatic rings. The van der Waals surface area contributed by atoms with Gasteiger partial charge in [-0.1, -0.05) is 11.6 Å². The number of halogens is 1. The van der Waals surface area contributed by atoms with Gasteiger partial charge in [0.05, 0.1) is 0 Å². The van der Waals surface area contributed by atoms with Crippen LogP contribution in [0.25, 0.3) is 0 Å². The van der Waals surface area contributed by atoms with Gasteiger partial charge >= 0.3 is 0 Å². The van der Waals surface area contributed by atoms with Crippen molar-refractivity contribution in [3.63, 3.8) is 0 Å². The van der Waals surface area contributed by atoms with Gasteiger partial charge < -0.3 is 26.4 Å². The number of hydrogen-bond acceptors (Lipinski definition) is 5. The van der Waals surface area contributed by atoms with Crippen LogP contribution >= 0.6 is 24.2 Å². The average molecular weight is 394 g/mol. The quantitative estimate of drug-likeness (QED) is 0.233. The number of piperazine rings is 1. The zero-order chi connectivity index (χ0) is 19.1. The van der Waals surface area contributed by atoms with Gasteiger partial charge in [0, 0.05) is 41.8 Å². The molecule has 0 aliphatic carbocycles. The molecule has 0 spiro atoms. The Morgan fingerprint density at radius 2 is 1.92 bits per heavy atom. The van der Waals surface area contributed by atoms with E-state index < -0.39 is 0 Å². The normalized spacial score (nSPS) is 13.6. The number of nitrogen functional groups attached to an aromatic ring is 1. The molecule has 0 saturated carbocycles. The Balaban J connectivity index is 0.000000228. The molecule has 2 aromatic carbocycles. The molecule has 6 N–H and O–H groups in total. The third-order valence-corrected chi connectivity index (χ3v) is 4.25. The Labute approximate surface area is 164 Å². The van der Waals surface area contributed by atoms with Gasteiger partial charge in [0.1, 0.15) is 11.5 Å². The molecular weight excluding hydrogens is 370 g/mol. The summed E-state index contributed by atoms with van der Waals surface area (Å²) < 4.78 is 5.71. The van der Waals surface area contributed by atoms with E-state index in [1.807, 2.05) is 24.0 Å². The smallest absolute Gasteiger partial charge is 0.188 e. The number of anilines is 1. The lowest BCUT2D eigenvalue weighted by Gasteiger charge is -2.27. The molecule has 8 heteroatoms. The van der Waals surface area contributed by atoms with Gasteiger partial charge in [0.2, 0.25) is 0 Å². The summed E-state index contributed by atoms with van der Waals surface area (Å²) in [5.74, 6) is 1.54. The van der Waals surface area contributed by atoms with Crippen LogP contribution in [-0.4, -0.2) is 37.0 Å². The van der Waals surface area contributed by atoms with Gasteiger partial charge in [-0.05, 0) is 48.9 Å². The molecule has 1 aliphatic rings. The maximum atomic E-state index is 7.06. The SMILES string of the molecule is Cc1cc(Cl)cc(Oc2ccc(N)cc2S)c1.N=C(N)N1CCNCC1. The van der Waals surface area contributed by atoms with Gasteiger partial charge in [-0.25, -0.2) is 0 Å². The van der Waals surface area contributed by atoms with E-state index in [0.717, 1.165) is 31.7 Å². The Hall–Kier alpha value is -2.09. The van der Waals surface area contributed by atoms with Crippen LogP contribution in [0.1, 0.15) is 5.56 Å². The summed E-state index contributed by atoms with van der Waals surface area (Å²) in [6.45, 7) is 5.59. The molecule has 140 valence electrons. The maximum absolute atomic E-state index is 7.06. The summed E-state index contributed by atoms with van der Waals surface area (Å²) in [5, 5.41) is 10.9. The molecule has 0 aromatic heterocycles. The lowest BCUT2D eigenvalue weighted by atomic mass is 10.2.